The SMILES string of the molecule is Cn1cc(COc2ccc(Cl)c(C(=O)O)c2)nn1. The quantitative estimate of drug-likeness (QED) is 0.913. The molecule has 0 aliphatic carbocycles. The second-order valence-corrected chi connectivity index (χ2v) is 4.03. The number of halogens is 1. The molecule has 0 atom stereocenters. The normalized spacial score (nSPS) is 10.3. The van der Waals surface area contributed by atoms with Gasteiger partial charge in [-0.3, -0.25) is 4.68 Å². The van der Waals surface area contributed by atoms with Crippen LogP contribution < -0.4 is 4.74 Å². The third-order valence-corrected chi connectivity index (χ3v) is 2.53. The lowest BCUT2D eigenvalue weighted by Gasteiger charge is -2.05. The molecule has 2 aromatic rings. The zero-order valence-electron chi connectivity index (χ0n) is 9.50. The first kappa shape index (κ1) is 12.4. The summed E-state index contributed by atoms with van der Waals surface area (Å²) >= 11 is 5.75. The van der Waals surface area contributed by atoms with Crippen molar-refractivity contribution in [3.05, 3.63) is 40.7 Å². The zero-order chi connectivity index (χ0) is 13.1. The van der Waals surface area contributed by atoms with Gasteiger partial charge in [0, 0.05) is 7.05 Å². The van der Waals surface area contributed by atoms with Crippen molar-refractivity contribution in [1.29, 1.82) is 0 Å². The van der Waals surface area contributed by atoms with Gasteiger partial charge < -0.3 is 9.84 Å². The van der Waals surface area contributed by atoms with Crippen molar-refractivity contribution < 1.29 is 14.6 Å². The van der Waals surface area contributed by atoms with E-state index in [4.69, 9.17) is 21.4 Å². The highest BCUT2D eigenvalue weighted by molar-refractivity contribution is 6.33. The Labute approximate surface area is 108 Å². The van der Waals surface area contributed by atoms with Crippen molar-refractivity contribution in [3.8, 4) is 5.75 Å². The molecule has 0 bridgehead atoms. The van der Waals surface area contributed by atoms with E-state index >= 15 is 0 Å². The topological polar surface area (TPSA) is 77.2 Å². The molecule has 0 aliphatic rings. The summed E-state index contributed by atoms with van der Waals surface area (Å²) in [6.45, 7) is 0.217. The predicted molar refractivity (Wildman–Crippen MR) is 63.7 cm³/mol. The molecule has 94 valence electrons. The molecule has 0 unspecified atom stereocenters. The average molecular weight is 268 g/mol. The zero-order valence-corrected chi connectivity index (χ0v) is 10.3. The Balaban J connectivity index is 2.10. The molecule has 1 N–H and O–H groups in total. The third kappa shape index (κ3) is 2.78. The second kappa shape index (κ2) is 5.05. The van der Waals surface area contributed by atoms with Gasteiger partial charge >= 0.3 is 5.97 Å². The minimum atomic E-state index is -1.09. The molecular weight excluding hydrogens is 258 g/mol. The maximum Gasteiger partial charge on any atom is 0.337 e. The van der Waals surface area contributed by atoms with E-state index in [1.54, 1.807) is 24.0 Å². The van der Waals surface area contributed by atoms with Crippen molar-refractivity contribution in [1.82, 2.24) is 15.0 Å². The lowest BCUT2D eigenvalue weighted by atomic mass is 10.2. The maximum absolute atomic E-state index is 10.9. The number of ether oxygens (including phenoxy) is 1. The number of aryl methyl sites for hydroxylation is 1. The molecule has 6 nitrogen and oxygen atoms in total. The molecule has 0 fully saturated rings. The molecule has 1 aromatic carbocycles. The summed E-state index contributed by atoms with van der Waals surface area (Å²) in [6.07, 6.45) is 1.72. The smallest absolute Gasteiger partial charge is 0.337 e. The van der Waals surface area contributed by atoms with Crippen molar-refractivity contribution >= 4 is 17.6 Å². The van der Waals surface area contributed by atoms with Crippen LogP contribution in [0.2, 0.25) is 5.02 Å². The average Bonchev–Trinajstić information content (AvgIpc) is 2.74. The summed E-state index contributed by atoms with van der Waals surface area (Å²) < 4.78 is 6.97. The van der Waals surface area contributed by atoms with Gasteiger partial charge in [0.25, 0.3) is 0 Å². The van der Waals surface area contributed by atoms with Crippen LogP contribution >= 0.6 is 11.6 Å². The molecule has 18 heavy (non-hydrogen) atoms. The summed E-state index contributed by atoms with van der Waals surface area (Å²) in [4.78, 5) is 10.9. The number of aromatic carboxylic acids is 1. The van der Waals surface area contributed by atoms with Crippen LogP contribution in [0.4, 0.5) is 0 Å². The van der Waals surface area contributed by atoms with E-state index in [1.165, 1.54) is 12.1 Å². The minimum Gasteiger partial charge on any atom is -0.487 e. The number of carboxylic acid groups (broad SMARTS) is 1. The molecule has 2 rings (SSSR count). The van der Waals surface area contributed by atoms with Gasteiger partial charge in [0.05, 0.1) is 16.8 Å². The molecule has 0 saturated carbocycles. The Kier molecular flexibility index (Phi) is 3.47. The molecule has 0 spiro atoms. The largest absolute Gasteiger partial charge is 0.487 e. The van der Waals surface area contributed by atoms with E-state index in [9.17, 15) is 4.79 Å². The summed E-state index contributed by atoms with van der Waals surface area (Å²) in [5.74, 6) is -0.674. The Morgan fingerprint density at radius 2 is 2.33 bits per heavy atom. The first-order valence-electron chi connectivity index (χ1n) is 5.07. The summed E-state index contributed by atoms with van der Waals surface area (Å²) in [7, 11) is 1.75. The highest BCUT2D eigenvalue weighted by Gasteiger charge is 2.10. The summed E-state index contributed by atoms with van der Waals surface area (Å²) in [5.41, 5.74) is 0.664. The van der Waals surface area contributed by atoms with Crippen LogP contribution in [0, 0.1) is 0 Å². The Bertz CT molecular complexity index is 583. The van der Waals surface area contributed by atoms with Gasteiger partial charge in [0.15, 0.2) is 0 Å². The lowest BCUT2D eigenvalue weighted by molar-refractivity contribution is 0.0696. The molecule has 7 heteroatoms. The van der Waals surface area contributed by atoms with E-state index in [1.807, 2.05) is 0 Å². The first-order valence-corrected chi connectivity index (χ1v) is 5.45. The van der Waals surface area contributed by atoms with Crippen LogP contribution in [0.5, 0.6) is 5.75 Å². The Hall–Kier alpha value is -2.08. The highest BCUT2D eigenvalue weighted by atomic mass is 35.5. The van der Waals surface area contributed by atoms with E-state index in [0.29, 0.717) is 11.4 Å². The fraction of sp³-hybridized carbons (Fsp3) is 0.182. The number of carbonyl (C=O) groups is 1. The van der Waals surface area contributed by atoms with E-state index in [0.717, 1.165) is 0 Å². The molecule has 0 amide bonds. The van der Waals surface area contributed by atoms with Crippen LogP contribution in [-0.2, 0) is 13.7 Å². The molecule has 0 aliphatic heterocycles. The Morgan fingerprint density at radius 3 is 2.94 bits per heavy atom. The lowest BCUT2D eigenvalue weighted by Crippen LogP contribution is -2.00. The maximum atomic E-state index is 10.9. The summed E-state index contributed by atoms with van der Waals surface area (Å²) in [5, 5.41) is 16.7. The van der Waals surface area contributed by atoms with E-state index < -0.39 is 5.97 Å². The third-order valence-electron chi connectivity index (χ3n) is 2.21. The van der Waals surface area contributed by atoms with Crippen molar-refractivity contribution in [3.63, 3.8) is 0 Å². The number of aromatic nitrogens is 3. The van der Waals surface area contributed by atoms with Gasteiger partial charge in [-0.2, -0.15) is 0 Å². The van der Waals surface area contributed by atoms with Crippen LogP contribution in [0.25, 0.3) is 0 Å². The van der Waals surface area contributed by atoms with Crippen molar-refractivity contribution in [2.75, 3.05) is 0 Å². The number of rotatable bonds is 4. The van der Waals surface area contributed by atoms with Crippen LogP contribution in [0.3, 0.4) is 0 Å². The van der Waals surface area contributed by atoms with Gasteiger partial charge in [-0.25, -0.2) is 4.79 Å². The van der Waals surface area contributed by atoms with Gasteiger partial charge in [-0.1, -0.05) is 16.8 Å². The first-order chi connectivity index (χ1) is 8.56. The van der Waals surface area contributed by atoms with Gasteiger partial charge in [0.1, 0.15) is 18.1 Å². The number of benzene rings is 1. The number of carboxylic acids is 1. The molecule has 1 aromatic heterocycles. The Morgan fingerprint density at radius 1 is 1.56 bits per heavy atom. The van der Waals surface area contributed by atoms with E-state index in [2.05, 4.69) is 10.3 Å². The molecule has 0 radical (unpaired) electrons. The molecule has 0 saturated heterocycles. The minimum absolute atomic E-state index is 0.00770. The highest BCUT2D eigenvalue weighted by Crippen LogP contribution is 2.22. The second-order valence-electron chi connectivity index (χ2n) is 3.62. The van der Waals surface area contributed by atoms with Gasteiger partial charge in [0.2, 0.25) is 0 Å². The van der Waals surface area contributed by atoms with E-state index in [-0.39, 0.29) is 17.2 Å². The fourth-order valence-electron chi connectivity index (χ4n) is 1.38. The van der Waals surface area contributed by atoms with Gasteiger partial charge in [-0.15, -0.1) is 5.10 Å². The standard InChI is InChI=1S/C11H10ClN3O3/c1-15-5-7(13-14-15)6-18-8-2-3-10(12)9(4-8)11(16)17/h2-5H,6H2,1H3,(H,16,17). The predicted octanol–water partition coefficient (Wildman–Crippen LogP) is 1.75. The van der Waals surface area contributed by atoms with Gasteiger partial charge in [-0.05, 0) is 18.2 Å². The van der Waals surface area contributed by atoms with Crippen LogP contribution in [0.15, 0.2) is 24.4 Å². The molecule has 1 heterocycles. The van der Waals surface area contributed by atoms with Crippen molar-refractivity contribution in [2.45, 2.75) is 6.61 Å². The van der Waals surface area contributed by atoms with Crippen molar-refractivity contribution in [2.24, 2.45) is 7.05 Å². The fourth-order valence-corrected chi connectivity index (χ4v) is 1.58. The monoisotopic (exact) mass is 267 g/mol. The number of hydrogen-bond acceptors (Lipinski definition) is 4. The van der Waals surface area contributed by atoms with Crippen LogP contribution in [0.1, 0.15) is 16.1 Å². The number of hydrogen-bond donors (Lipinski definition) is 1. The summed E-state index contributed by atoms with van der Waals surface area (Å²) in [6, 6.07) is 4.46. The number of nitrogens with zero attached hydrogens (tertiary/aromatic N) is 3. The molecular formula is C11H10ClN3O3. The van der Waals surface area contributed by atoms with Crippen LogP contribution in [-0.4, -0.2) is 26.1 Å².